The molecule has 1 aromatic carbocycles. The minimum atomic E-state index is -4.58. The van der Waals surface area contributed by atoms with Gasteiger partial charge < -0.3 is 9.90 Å². The molecule has 1 aromatic rings. The maximum Gasteiger partial charge on any atom is 0.457 e. The van der Waals surface area contributed by atoms with Crippen molar-refractivity contribution < 1.29 is 23.1 Å². The van der Waals surface area contributed by atoms with E-state index in [1.807, 2.05) is 0 Å². The third-order valence-corrected chi connectivity index (χ3v) is 1.91. The average Bonchev–Trinajstić information content (AvgIpc) is 2.18. The Bertz CT molecular complexity index is 348. The first-order chi connectivity index (χ1) is 7.40. The Balaban J connectivity index is 2.63. The Morgan fingerprint density at radius 1 is 1.31 bits per heavy atom. The number of hydrogen-bond donors (Lipinski definition) is 2. The summed E-state index contributed by atoms with van der Waals surface area (Å²) in [5.41, 5.74) is 0.534. The van der Waals surface area contributed by atoms with Crippen LogP contribution in [0.2, 0.25) is 0 Å². The predicted octanol–water partition coefficient (Wildman–Crippen LogP) is 1.61. The molecule has 0 saturated carbocycles. The number of rotatable bonds is 4. The van der Waals surface area contributed by atoms with E-state index >= 15 is 0 Å². The summed E-state index contributed by atoms with van der Waals surface area (Å²) in [7, 11) is 0. The largest absolute Gasteiger partial charge is 0.508 e. The monoisotopic (exact) mass is 233 g/mol. The van der Waals surface area contributed by atoms with Crippen molar-refractivity contribution in [3.05, 3.63) is 29.8 Å². The molecule has 1 unspecified atom stereocenters. The van der Waals surface area contributed by atoms with Gasteiger partial charge in [-0.15, -0.1) is 0 Å². The van der Waals surface area contributed by atoms with Gasteiger partial charge in [-0.2, -0.15) is 13.2 Å². The number of carbonyl (C=O) groups excluding carboxylic acids is 1. The summed E-state index contributed by atoms with van der Waals surface area (Å²) >= 11 is 0. The average molecular weight is 233 g/mol. The molecule has 6 heteroatoms. The van der Waals surface area contributed by atoms with Gasteiger partial charge in [-0.3, -0.25) is 0 Å². The summed E-state index contributed by atoms with van der Waals surface area (Å²) in [5, 5.41) is 10.2. The highest BCUT2D eigenvalue weighted by molar-refractivity contribution is 5.58. The van der Waals surface area contributed by atoms with Gasteiger partial charge in [0.15, 0.2) is 0 Å². The van der Waals surface area contributed by atoms with Crippen LogP contribution in [0.1, 0.15) is 5.56 Å². The number of alkyl halides is 3. The highest BCUT2D eigenvalue weighted by atomic mass is 19.4. The molecule has 0 aliphatic rings. The Kier molecular flexibility index (Phi) is 3.89. The number of aldehydes is 1. The third-order valence-electron chi connectivity index (χ3n) is 1.91. The van der Waals surface area contributed by atoms with E-state index in [1.165, 1.54) is 29.6 Å². The molecule has 0 heterocycles. The van der Waals surface area contributed by atoms with E-state index in [0.717, 1.165) is 0 Å². The molecule has 0 aliphatic heterocycles. The molecule has 88 valence electrons. The molecule has 0 aliphatic carbocycles. The molecule has 0 aromatic heterocycles. The van der Waals surface area contributed by atoms with E-state index < -0.39 is 12.3 Å². The molecule has 1 atom stereocenters. The van der Waals surface area contributed by atoms with Crippen LogP contribution in [0.25, 0.3) is 0 Å². The van der Waals surface area contributed by atoms with Crippen LogP contribution < -0.4 is 5.32 Å². The molecule has 0 radical (unpaired) electrons. The number of aromatic hydroxyl groups is 1. The summed E-state index contributed by atoms with van der Waals surface area (Å²) in [4.78, 5) is 10.4. The Labute approximate surface area is 89.9 Å². The Hall–Kier alpha value is -1.56. The Morgan fingerprint density at radius 3 is 2.31 bits per heavy atom. The van der Waals surface area contributed by atoms with E-state index in [1.54, 1.807) is 0 Å². The number of nitrogens with one attached hydrogen (secondary N) is 1. The zero-order valence-electron chi connectivity index (χ0n) is 8.16. The lowest BCUT2D eigenvalue weighted by Gasteiger charge is -2.15. The van der Waals surface area contributed by atoms with Crippen LogP contribution in [0.4, 0.5) is 13.2 Å². The van der Waals surface area contributed by atoms with E-state index in [2.05, 4.69) is 0 Å². The second-order valence-corrected chi connectivity index (χ2v) is 3.26. The number of hydrogen-bond acceptors (Lipinski definition) is 3. The van der Waals surface area contributed by atoms with Gasteiger partial charge in [-0.1, -0.05) is 12.1 Å². The molecule has 1 rings (SSSR count). The quantitative estimate of drug-likeness (QED) is 0.613. The topological polar surface area (TPSA) is 49.3 Å². The van der Waals surface area contributed by atoms with E-state index in [-0.39, 0.29) is 18.5 Å². The second-order valence-electron chi connectivity index (χ2n) is 3.26. The van der Waals surface area contributed by atoms with Crippen molar-refractivity contribution in [2.75, 3.05) is 0 Å². The van der Waals surface area contributed by atoms with Gasteiger partial charge in [0.05, 0.1) is 6.04 Å². The SMILES string of the molecule is O=CC(Cc1ccc(O)cc1)NC(F)(F)F. The Morgan fingerprint density at radius 2 is 1.88 bits per heavy atom. The molecule has 0 spiro atoms. The molecule has 0 amide bonds. The van der Waals surface area contributed by atoms with Crippen LogP contribution in [-0.2, 0) is 11.2 Å². The normalized spacial score (nSPS) is 13.4. The van der Waals surface area contributed by atoms with Gasteiger partial charge in [0.25, 0.3) is 0 Å². The number of benzene rings is 1. The van der Waals surface area contributed by atoms with Gasteiger partial charge in [0.2, 0.25) is 0 Å². The van der Waals surface area contributed by atoms with Crippen LogP contribution >= 0.6 is 0 Å². The number of phenols is 1. The first-order valence-corrected chi connectivity index (χ1v) is 4.48. The van der Waals surface area contributed by atoms with Gasteiger partial charge >= 0.3 is 6.30 Å². The molecule has 2 N–H and O–H groups in total. The van der Waals surface area contributed by atoms with Gasteiger partial charge in [-0.05, 0) is 24.1 Å². The van der Waals surface area contributed by atoms with E-state index in [0.29, 0.717) is 5.56 Å². The van der Waals surface area contributed by atoms with Crippen molar-refractivity contribution >= 4 is 6.29 Å². The molecular formula is C10H10F3NO2. The molecular weight excluding hydrogens is 223 g/mol. The summed E-state index contributed by atoms with van der Waals surface area (Å²) in [6.45, 7) is 0. The van der Waals surface area contributed by atoms with E-state index in [4.69, 9.17) is 5.11 Å². The zero-order chi connectivity index (χ0) is 12.2. The molecule has 3 nitrogen and oxygen atoms in total. The number of carbonyl (C=O) groups is 1. The van der Waals surface area contributed by atoms with Crippen molar-refractivity contribution in [2.45, 2.75) is 18.8 Å². The van der Waals surface area contributed by atoms with Crippen LogP contribution in [0, 0.1) is 0 Å². The predicted molar refractivity (Wildman–Crippen MR) is 50.9 cm³/mol. The minimum Gasteiger partial charge on any atom is -0.508 e. The summed E-state index contributed by atoms with van der Waals surface area (Å²) in [5.74, 6) is 0.0233. The zero-order valence-corrected chi connectivity index (χ0v) is 8.16. The molecule has 0 fully saturated rings. The number of halogens is 3. The van der Waals surface area contributed by atoms with Crippen molar-refractivity contribution in [1.29, 1.82) is 0 Å². The lowest BCUT2D eigenvalue weighted by Crippen LogP contribution is -2.42. The first-order valence-electron chi connectivity index (χ1n) is 4.48. The molecule has 16 heavy (non-hydrogen) atoms. The minimum absolute atomic E-state index is 0.0233. The van der Waals surface area contributed by atoms with E-state index in [9.17, 15) is 18.0 Å². The standard InChI is InChI=1S/C10H10F3NO2/c11-10(12,13)14-8(6-15)5-7-1-3-9(16)4-2-7/h1-4,6,8,14,16H,5H2. The van der Waals surface area contributed by atoms with Crippen LogP contribution in [0.15, 0.2) is 24.3 Å². The highest BCUT2D eigenvalue weighted by Gasteiger charge is 2.30. The van der Waals surface area contributed by atoms with Crippen molar-refractivity contribution in [1.82, 2.24) is 5.32 Å². The molecule has 0 bridgehead atoms. The third kappa shape index (κ3) is 4.31. The van der Waals surface area contributed by atoms with Crippen LogP contribution in [0.3, 0.4) is 0 Å². The first kappa shape index (κ1) is 12.5. The molecule has 0 saturated heterocycles. The maximum absolute atomic E-state index is 11.9. The maximum atomic E-state index is 11.9. The number of phenolic OH excluding ortho intramolecular Hbond substituents is 1. The van der Waals surface area contributed by atoms with Gasteiger partial charge in [-0.25, -0.2) is 5.32 Å². The van der Waals surface area contributed by atoms with Crippen LogP contribution in [-0.4, -0.2) is 23.7 Å². The lowest BCUT2D eigenvalue weighted by atomic mass is 10.1. The summed E-state index contributed by atoms with van der Waals surface area (Å²) in [6.07, 6.45) is -4.45. The van der Waals surface area contributed by atoms with Crippen molar-refractivity contribution in [3.8, 4) is 5.75 Å². The fraction of sp³-hybridized carbons (Fsp3) is 0.300. The van der Waals surface area contributed by atoms with Gasteiger partial charge in [0.1, 0.15) is 12.0 Å². The van der Waals surface area contributed by atoms with Gasteiger partial charge in [0, 0.05) is 0 Å². The highest BCUT2D eigenvalue weighted by Crippen LogP contribution is 2.14. The lowest BCUT2D eigenvalue weighted by molar-refractivity contribution is -0.165. The summed E-state index contributed by atoms with van der Waals surface area (Å²) < 4.78 is 35.8. The fourth-order valence-electron chi connectivity index (χ4n) is 1.23. The van der Waals surface area contributed by atoms with Crippen molar-refractivity contribution in [3.63, 3.8) is 0 Å². The van der Waals surface area contributed by atoms with Crippen molar-refractivity contribution in [2.24, 2.45) is 0 Å². The fourth-order valence-corrected chi connectivity index (χ4v) is 1.23. The smallest absolute Gasteiger partial charge is 0.457 e. The summed E-state index contributed by atoms with van der Waals surface area (Å²) in [6, 6.07) is 4.31. The second kappa shape index (κ2) is 4.98. The van der Waals surface area contributed by atoms with Crippen LogP contribution in [0.5, 0.6) is 5.75 Å².